The van der Waals surface area contributed by atoms with Gasteiger partial charge in [0.15, 0.2) is 11.5 Å². The third-order valence-electron chi connectivity index (χ3n) is 5.48. The zero-order chi connectivity index (χ0) is 21.2. The average Bonchev–Trinajstić information content (AvgIpc) is 3.17. The van der Waals surface area contributed by atoms with Crippen LogP contribution in [0.5, 0.6) is 0 Å². The fraction of sp³-hybridized carbons (Fsp3) is 0.190. The molecule has 0 saturated carbocycles. The molecule has 0 unspecified atom stereocenters. The number of para-hydroxylation sites is 1. The second-order valence-corrected chi connectivity index (χ2v) is 8.01. The summed E-state index contributed by atoms with van der Waals surface area (Å²) in [5.41, 5.74) is 0.629. The Labute approximate surface area is 180 Å². The Bertz CT molecular complexity index is 1270. The number of rotatable bonds is 2. The highest BCUT2D eigenvalue weighted by atomic mass is 35.5. The molecule has 2 aliphatic rings. The number of amides is 2. The molecule has 9 heteroatoms. The van der Waals surface area contributed by atoms with Crippen molar-refractivity contribution in [1.29, 1.82) is 0 Å². The minimum atomic E-state index is -1.06. The molecule has 30 heavy (non-hydrogen) atoms. The summed E-state index contributed by atoms with van der Waals surface area (Å²) < 4.78 is 5.61. The van der Waals surface area contributed by atoms with Gasteiger partial charge in [-0.1, -0.05) is 35.3 Å². The van der Waals surface area contributed by atoms with E-state index in [1.807, 2.05) is 0 Å². The number of halogens is 2. The fourth-order valence-electron chi connectivity index (χ4n) is 4.14. The lowest BCUT2D eigenvalue weighted by Crippen LogP contribution is -2.37. The zero-order valence-corrected chi connectivity index (χ0v) is 17.1. The van der Waals surface area contributed by atoms with E-state index in [-0.39, 0.29) is 21.7 Å². The quantitative estimate of drug-likeness (QED) is 0.562. The predicted octanol–water partition coefficient (Wildman–Crippen LogP) is 3.58. The van der Waals surface area contributed by atoms with Gasteiger partial charge in [-0.15, -0.1) is 0 Å². The number of fused-ring (bicyclic) bond motifs is 2. The monoisotopic (exact) mass is 444 g/mol. The molecule has 0 radical (unpaired) electrons. The van der Waals surface area contributed by atoms with Crippen LogP contribution in [0, 0.1) is 5.92 Å². The molecule has 0 bridgehead atoms. The number of benzene rings is 2. The van der Waals surface area contributed by atoms with Crippen molar-refractivity contribution in [3.05, 3.63) is 74.6 Å². The maximum absolute atomic E-state index is 13.3. The van der Waals surface area contributed by atoms with Gasteiger partial charge in [-0.25, -0.2) is 4.90 Å². The van der Waals surface area contributed by atoms with Gasteiger partial charge in [0.05, 0.1) is 39.9 Å². The van der Waals surface area contributed by atoms with Gasteiger partial charge in [0.25, 0.3) is 5.91 Å². The summed E-state index contributed by atoms with van der Waals surface area (Å²) in [6.07, 6.45) is 0.262. The molecule has 3 aromatic rings. The Morgan fingerprint density at radius 2 is 1.77 bits per heavy atom. The summed E-state index contributed by atoms with van der Waals surface area (Å²) in [5, 5.41) is 2.30. The van der Waals surface area contributed by atoms with Crippen molar-refractivity contribution in [2.45, 2.75) is 12.1 Å². The van der Waals surface area contributed by atoms with E-state index >= 15 is 0 Å². The normalized spacial score (nSPS) is 24.1. The summed E-state index contributed by atoms with van der Waals surface area (Å²) in [7, 11) is 1.58. The van der Waals surface area contributed by atoms with E-state index in [1.165, 1.54) is 23.5 Å². The third kappa shape index (κ3) is 2.70. The maximum Gasteiger partial charge on any atom is 0.266 e. The number of carbonyl (C=O) groups excluding carboxylic acids is 2. The average molecular weight is 445 g/mol. The Kier molecular flexibility index (Phi) is 4.44. The third-order valence-corrected chi connectivity index (χ3v) is 6.02. The summed E-state index contributed by atoms with van der Waals surface area (Å²) in [6.45, 7) is 0. The van der Waals surface area contributed by atoms with Gasteiger partial charge in [-0.05, 0) is 30.3 Å². The number of hydrogen-bond acceptors (Lipinski definition) is 6. The van der Waals surface area contributed by atoms with E-state index in [4.69, 9.17) is 32.5 Å². The van der Waals surface area contributed by atoms with Crippen molar-refractivity contribution in [2.75, 3.05) is 11.9 Å². The van der Waals surface area contributed by atoms with E-state index in [9.17, 15) is 14.4 Å². The highest BCUT2D eigenvalue weighted by Crippen LogP contribution is 2.45. The number of imide groups is 1. The number of anilines is 1. The minimum Gasteiger partial charge on any atom is -0.464 e. The molecule has 3 atom stereocenters. The Hall–Kier alpha value is -2.71. The Morgan fingerprint density at radius 1 is 1.00 bits per heavy atom. The standard InChI is InChI=1S/C21H14Cl2N2O5/c1-24-17(12-9-29-15-5-3-2-4-11(15)18(12)26)16-19(30-24)21(28)25(20(16)27)14-7-6-10(22)8-13(14)23/h2-9,16-17,19H,1H3/t16-,17+,19-/m1/s1. The summed E-state index contributed by atoms with van der Waals surface area (Å²) in [5.74, 6) is -1.97. The fourth-order valence-corrected chi connectivity index (χ4v) is 4.63. The molecule has 5 rings (SSSR count). The number of carbonyl (C=O) groups is 2. The van der Waals surface area contributed by atoms with Crippen LogP contribution in [0.15, 0.2) is 57.9 Å². The second-order valence-electron chi connectivity index (χ2n) is 7.17. The molecule has 3 heterocycles. The SMILES string of the molecule is CN1O[C@H]2C(=O)N(c3ccc(Cl)cc3Cl)C(=O)[C@@H]2[C@@H]1c1coc2ccccc2c1=O. The highest BCUT2D eigenvalue weighted by Gasteiger charge is 2.60. The van der Waals surface area contributed by atoms with Crippen LogP contribution in [0.1, 0.15) is 11.6 Å². The van der Waals surface area contributed by atoms with Crippen LogP contribution < -0.4 is 10.3 Å². The second kappa shape index (κ2) is 6.92. The molecule has 1 aromatic heterocycles. The van der Waals surface area contributed by atoms with Crippen LogP contribution in [-0.4, -0.2) is 30.0 Å². The van der Waals surface area contributed by atoms with Gasteiger partial charge < -0.3 is 4.42 Å². The number of hydroxylamine groups is 2. The van der Waals surface area contributed by atoms with Gasteiger partial charge in [-0.2, -0.15) is 5.06 Å². The van der Waals surface area contributed by atoms with Crippen molar-refractivity contribution >= 4 is 51.7 Å². The first kappa shape index (κ1) is 19.3. The zero-order valence-electron chi connectivity index (χ0n) is 15.5. The molecule has 2 amide bonds. The van der Waals surface area contributed by atoms with Gasteiger partial charge in [0.2, 0.25) is 5.91 Å². The molecule has 7 nitrogen and oxygen atoms in total. The molecular weight excluding hydrogens is 431 g/mol. The summed E-state index contributed by atoms with van der Waals surface area (Å²) >= 11 is 12.2. The van der Waals surface area contributed by atoms with Crippen LogP contribution in [-0.2, 0) is 14.4 Å². The summed E-state index contributed by atoms with van der Waals surface area (Å²) in [4.78, 5) is 46.1. The number of nitrogens with zero attached hydrogens (tertiary/aromatic N) is 2. The van der Waals surface area contributed by atoms with Gasteiger partial charge in [-0.3, -0.25) is 19.2 Å². The molecule has 2 aliphatic heterocycles. The first-order valence-corrected chi connectivity index (χ1v) is 9.87. The van der Waals surface area contributed by atoms with Crippen LogP contribution in [0.2, 0.25) is 10.0 Å². The lowest BCUT2D eigenvalue weighted by Gasteiger charge is -2.24. The van der Waals surface area contributed by atoms with Crippen LogP contribution in [0.4, 0.5) is 5.69 Å². The molecule has 152 valence electrons. The highest BCUT2D eigenvalue weighted by molar-refractivity contribution is 6.38. The molecule has 0 N–H and O–H groups in total. The van der Waals surface area contributed by atoms with Gasteiger partial charge in [0, 0.05) is 12.1 Å². The van der Waals surface area contributed by atoms with E-state index in [2.05, 4.69) is 0 Å². The van der Waals surface area contributed by atoms with Crippen molar-refractivity contribution < 1.29 is 18.8 Å². The molecule has 2 aromatic carbocycles. The lowest BCUT2D eigenvalue weighted by atomic mass is 9.91. The van der Waals surface area contributed by atoms with E-state index < -0.39 is 29.9 Å². The smallest absolute Gasteiger partial charge is 0.266 e. The largest absolute Gasteiger partial charge is 0.464 e. The Morgan fingerprint density at radius 3 is 2.53 bits per heavy atom. The van der Waals surface area contributed by atoms with Crippen molar-refractivity contribution in [2.24, 2.45) is 5.92 Å². The first-order valence-electron chi connectivity index (χ1n) is 9.11. The molecule has 0 spiro atoms. The summed E-state index contributed by atoms with van der Waals surface area (Å²) in [6, 6.07) is 10.5. The van der Waals surface area contributed by atoms with E-state index in [0.717, 1.165) is 4.90 Å². The molecule has 2 saturated heterocycles. The van der Waals surface area contributed by atoms with E-state index in [0.29, 0.717) is 16.0 Å². The van der Waals surface area contributed by atoms with Crippen molar-refractivity contribution in [3.63, 3.8) is 0 Å². The lowest BCUT2D eigenvalue weighted by molar-refractivity contribution is -0.160. The molecular formula is C21H14Cl2N2O5. The first-order chi connectivity index (χ1) is 14.4. The maximum atomic E-state index is 13.3. The minimum absolute atomic E-state index is 0.166. The topological polar surface area (TPSA) is 80.1 Å². The van der Waals surface area contributed by atoms with Crippen LogP contribution >= 0.6 is 23.2 Å². The van der Waals surface area contributed by atoms with Crippen LogP contribution in [0.25, 0.3) is 11.0 Å². The Balaban J connectivity index is 1.60. The van der Waals surface area contributed by atoms with Crippen LogP contribution in [0.3, 0.4) is 0 Å². The van der Waals surface area contributed by atoms with Gasteiger partial charge in [0.1, 0.15) is 5.58 Å². The predicted molar refractivity (Wildman–Crippen MR) is 110 cm³/mol. The van der Waals surface area contributed by atoms with E-state index in [1.54, 1.807) is 37.4 Å². The molecule has 2 fully saturated rings. The molecule has 0 aliphatic carbocycles. The van der Waals surface area contributed by atoms with Crippen molar-refractivity contribution in [1.82, 2.24) is 5.06 Å². The van der Waals surface area contributed by atoms with Gasteiger partial charge >= 0.3 is 0 Å². The number of hydrogen-bond donors (Lipinski definition) is 0. The van der Waals surface area contributed by atoms with Crippen molar-refractivity contribution in [3.8, 4) is 0 Å².